The maximum Gasteiger partial charge on any atom is 0.224 e. The molecule has 17 heavy (non-hydrogen) atoms. The predicted octanol–water partition coefficient (Wildman–Crippen LogP) is 1.26. The van der Waals surface area contributed by atoms with Crippen LogP contribution >= 0.6 is 0 Å². The fraction of sp³-hybridized carbons (Fsp3) is 0.538. The number of nitrogens with one attached hydrogen (secondary N) is 2. The second-order valence-electron chi connectivity index (χ2n) is 4.56. The Labute approximate surface area is 102 Å². The lowest BCUT2D eigenvalue weighted by Gasteiger charge is -2.24. The summed E-state index contributed by atoms with van der Waals surface area (Å²) in [6.45, 7) is 3.82. The minimum absolute atomic E-state index is 0.0260. The SMILES string of the molecule is C[C@@H](NC(=O)C1CCCNC1)c1cccnc1. The molecule has 2 rings (SSSR count). The van der Waals surface area contributed by atoms with Gasteiger partial charge in [-0.15, -0.1) is 0 Å². The van der Waals surface area contributed by atoms with Gasteiger partial charge in [-0.05, 0) is 37.9 Å². The highest BCUT2D eigenvalue weighted by Crippen LogP contribution is 2.14. The molecule has 1 aromatic heterocycles. The molecule has 1 unspecified atom stereocenters. The van der Waals surface area contributed by atoms with E-state index < -0.39 is 0 Å². The summed E-state index contributed by atoms with van der Waals surface area (Å²) >= 11 is 0. The standard InChI is InChI=1S/C13H19N3O/c1-10(11-4-2-6-14-8-11)16-13(17)12-5-3-7-15-9-12/h2,4,6,8,10,12,15H,3,5,7,9H2,1H3,(H,16,17)/t10-,12?/m1/s1. The zero-order chi connectivity index (χ0) is 12.1. The normalized spacial score (nSPS) is 21.8. The van der Waals surface area contributed by atoms with Crippen molar-refractivity contribution in [2.24, 2.45) is 5.92 Å². The third-order valence-corrected chi connectivity index (χ3v) is 3.21. The van der Waals surface area contributed by atoms with Crippen molar-refractivity contribution in [2.45, 2.75) is 25.8 Å². The van der Waals surface area contributed by atoms with Crippen LogP contribution in [0.15, 0.2) is 24.5 Å². The van der Waals surface area contributed by atoms with Gasteiger partial charge in [0.2, 0.25) is 5.91 Å². The molecule has 0 radical (unpaired) electrons. The molecule has 92 valence electrons. The van der Waals surface area contributed by atoms with Crippen molar-refractivity contribution in [3.63, 3.8) is 0 Å². The van der Waals surface area contributed by atoms with Crippen LogP contribution in [0.3, 0.4) is 0 Å². The summed E-state index contributed by atoms with van der Waals surface area (Å²) in [7, 11) is 0. The lowest BCUT2D eigenvalue weighted by Crippen LogP contribution is -2.41. The van der Waals surface area contributed by atoms with Crippen LogP contribution in [0.2, 0.25) is 0 Å². The Morgan fingerprint density at radius 1 is 1.65 bits per heavy atom. The van der Waals surface area contributed by atoms with Gasteiger partial charge in [0.1, 0.15) is 0 Å². The number of hydrogen-bond donors (Lipinski definition) is 2. The summed E-state index contributed by atoms with van der Waals surface area (Å²) in [6.07, 6.45) is 5.60. The van der Waals surface area contributed by atoms with Gasteiger partial charge in [0.15, 0.2) is 0 Å². The summed E-state index contributed by atoms with van der Waals surface area (Å²) in [5, 5.41) is 6.30. The summed E-state index contributed by atoms with van der Waals surface area (Å²) in [5.74, 6) is 0.261. The smallest absolute Gasteiger partial charge is 0.224 e. The van der Waals surface area contributed by atoms with Gasteiger partial charge >= 0.3 is 0 Å². The molecule has 0 aromatic carbocycles. The number of pyridine rings is 1. The second kappa shape index (κ2) is 5.77. The van der Waals surface area contributed by atoms with E-state index in [9.17, 15) is 4.79 Å². The maximum atomic E-state index is 12.0. The number of aromatic nitrogens is 1. The van der Waals surface area contributed by atoms with Gasteiger partial charge in [-0.2, -0.15) is 0 Å². The van der Waals surface area contributed by atoms with E-state index in [2.05, 4.69) is 15.6 Å². The number of piperidine rings is 1. The van der Waals surface area contributed by atoms with Crippen molar-refractivity contribution in [3.8, 4) is 0 Å². The van der Waals surface area contributed by atoms with Crippen molar-refractivity contribution < 1.29 is 4.79 Å². The molecule has 1 amide bonds. The number of amides is 1. The highest BCUT2D eigenvalue weighted by Gasteiger charge is 2.22. The van der Waals surface area contributed by atoms with Crippen LogP contribution in [0.4, 0.5) is 0 Å². The zero-order valence-electron chi connectivity index (χ0n) is 10.1. The quantitative estimate of drug-likeness (QED) is 0.826. The summed E-state index contributed by atoms with van der Waals surface area (Å²) in [6, 6.07) is 3.90. The third-order valence-electron chi connectivity index (χ3n) is 3.21. The largest absolute Gasteiger partial charge is 0.349 e. The van der Waals surface area contributed by atoms with Crippen LogP contribution in [0.25, 0.3) is 0 Å². The molecule has 0 spiro atoms. The van der Waals surface area contributed by atoms with Crippen LogP contribution in [0.5, 0.6) is 0 Å². The van der Waals surface area contributed by atoms with E-state index in [4.69, 9.17) is 0 Å². The highest BCUT2D eigenvalue weighted by atomic mass is 16.1. The molecule has 0 saturated carbocycles. The third kappa shape index (κ3) is 3.27. The first-order valence-corrected chi connectivity index (χ1v) is 6.18. The lowest BCUT2D eigenvalue weighted by molar-refractivity contribution is -0.126. The topological polar surface area (TPSA) is 54.0 Å². The Morgan fingerprint density at radius 3 is 3.18 bits per heavy atom. The van der Waals surface area contributed by atoms with E-state index in [1.54, 1.807) is 12.4 Å². The Bertz CT molecular complexity index is 360. The second-order valence-corrected chi connectivity index (χ2v) is 4.56. The number of nitrogens with zero attached hydrogens (tertiary/aromatic N) is 1. The first kappa shape index (κ1) is 12.0. The van der Waals surface area contributed by atoms with Crippen molar-refractivity contribution >= 4 is 5.91 Å². The Hall–Kier alpha value is -1.42. The first-order valence-electron chi connectivity index (χ1n) is 6.18. The molecule has 1 aliphatic rings. The average molecular weight is 233 g/mol. The van der Waals surface area contributed by atoms with Gasteiger partial charge in [0.05, 0.1) is 12.0 Å². The van der Waals surface area contributed by atoms with Crippen LogP contribution in [-0.2, 0) is 4.79 Å². The van der Waals surface area contributed by atoms with Gasteiger partial charge in [0, 0.05) is 18.9 Å². The molecular weight excluding hydrogens is 214 g/mol. The zero-order valence-corrected chi connectivity index (χ0v) is 10.1. The predicted molar refractivity (Wildman–Crippen MR) is 66.4 cm³/mol. The molecule has 0 bridgehead atoms. The average Bonchev–Trinajstić information content (AvgIpc) is 2.40. The van der Waals surface area contributed by atoms with Crippen LogP contribution in [-0.4, -0.2) is 24.0 Å². The Balaban J connectivity index is 1.89. The van der Waals surface area contributed by atoms with Crippen molar-refractivity contribution in [2.75, 3.05) is 13.1 Å². The van der Waals surface area contributed by atoms with Crippen LogP contribution in [0.1, 0.15) is 31.4 Å². The lowest BCUT2D eigenvalue weighted by atomic mass is 9.98. The number of hydrogen-bond acceptors (Lipinski definition) is 3. The number of carbonyl (C=O) groups excluding carboxylic acids is 1. The monoisotopic (exact) mass is 233 g/mol. The van der Waals surface area contributed by atoms with Crippen molar-refractivity contribution in [3.05, 3.63) is 30.1 Å². The number of rotatable bonds is 3. The molecule has 4 nitrogen and oxygen atoms in total. The number of carbonyl (C=O) groups is 1. The highest BCUT2D eigenvalue weighted by molar-refractivity contribution is 5.79. The fourth-order valence-corrected chi connectivity index (χ4v) is 2.12. The van der Waals surface area contributed by atoms with E-state index in [0.29, 0.717) is 0 Å². The molecule has 1 aliphatic heterocycles. The van der Waals surface area contributed by atoms with E-state index >= 15 is 0 Å². The molecule has 0 aliphatic carbocycles. The van der Waals surface area contributed by atoms with E-state index in [-0.39, 0.29) is 17.9 Å². The van der Waals surface area contributed by atoms with Gasteiger partial charge in [0.25, 0.3) is 0 Å². The molecular formula is C13H19N3O. The molecule has 1 saturated heterocycles. The summed E-state index contributed by atoms with van der Waals surface area (Å²) in [5.41, 5.74) is 1.05. The van der Waals surface area contributed by atoms with E-state index in [1.807, 2.05) is 19.1 Å². The molecule has 2 heterocycles. The van der Waals surface area contributed by atoms with Crippen molar-refractivity contribution in [1.82, 2.24) is 15.6 Å². The molecule has 4 heteroatoms. The minimum atomic E-state index is 0.0260. The Morgan fingerprint density at radius 2 is 2.53 bits per heavy atom. The van der Waals surface area contributed by atoms with Crippen molar-refractivity contribution in [1.29, 1.82) is 0 Å². The van der Waals surface area contributed by atoms with E-state index in [1.165, 1.54) is 0 Å². The molecule has 1 fully saturated rings. The molecule has 1 aromatic rings. The minimum Gasteiger partial charge on any atom is -0.349 e. The van der Waals surface area contributed by atoms with Crippen LogP contribution < -0.4 is 10.6 Å². The molecule has 2 atom stereocenters. The Kier molecular flexibility index (Phi) is 4.09. The van der Waals surface area contributed by atoms with Gasteiger partial charge in [-0.25, -0.2) is 0 Å². The summed E-state index contributed by atoms with van der Waals surface area (Å²) in [4.78, 5) is 16.1. The van der Waals surface area contributed by atoms with Gasteiger partial charge in [-0.3, -0.25) is 9.78 Å². The summed E-state index contributed by atoms with van der Waals surface area (Å²) < 4.78 is 0. The van der Waals surface area contributed by atoms with Crippen LogP contribution in [0, 0.1) is 5.92 Å². The van der Waals surface area contributed by atoms with Gasteiger partial charge in [-0.1, -0.05) is 6.07 Å². The van der Waals surface area contributed by atoms with Gasteiger partial charge < -0.3 is 10.6 Å². The maximum absolute atomic E-state index is 12.0. The van der Waals surface area contributed by atoms with E-state index in [0.717, 1.165) is 31.5 Å². The first-order chi connectivity index (χ1) is 8.27. The molecule has 2 N–H and O–H groups in total. The fourth-order valence-electron chi connectivity index (χ4n) is 2.12.